The number of carbonyl (C=O) groups excluding carboxylic acids is 1. The number of ether oxygens (including phenoxy) is 1. The Morgan fingerprint density at radius 1 is 1.48 bits per heavy atom. The minimum atomic E-state index is -0.521. The number of esters is 1. The summed E-state index contributed by atoms with van der Waals surface area (Å²) in [6.07, 6.45) is 10.2. The molecule has 1 rings (SSSR count). The van der Waals surface area contributed by atoms with Gasteiger partial charge in [-0.25, -0.2) is 0 Å². The standard InChI is InChI=1S/C17H22Cl2O2/c1-6-8-11(3)9-12(7-2)21-16(20)15-13(10-14(18)19)17(15,4)5/h2,8,10,12-13,15H,6,9H2,1,3-5H3/b11-8+/t12-,13+,15+/m1/s1. The average molecular weight is 329 g/mol. The molecule has 21 heavy (non-hydrogen) atoms. The number of halogens is 2. The predicted octanol–water partition coefficient (Wildman–Crippen LogP) is 4.87. The first-order valence-electron chi connectivity index (χ1n) is 7.09. The Bertz CT molecular complexity index is 493. The quantitative estimate of drug-likeness (QED) is 0.395. The molecule has 0 heterocycles. The molecule has 116 valence electrons. The van der Waals surface area contributed by atoms with Crippen molar-refractivity contribution < 1.29 is 9.53 Å². The molecule has 0 amide bonds. The van der Waals surface area contributed by atoms with Crippen molar-refractivity contribution in [3.63, 3.8) is 0 Å². The monoisotopic (exact) mass is 328 g/mol. The van der Waals surface area contributed by atoms with Gasteiger partial charge in [0, 0.05) is 6.42 Å². The first kappa shape index (κ1) is 18.1. The molecule has 1 fully saturated rings. The summed E-state index contributed by atoms with van der Waals surface area (Å²) in [7, 11) is 0. The fourth-order valence-corrected chi connectivity index (χ4v) is 2.92. The zero-order valence-corrected chi connectivity index (χ0v) is 14.5. The summed E-state index contributed by atoms with van der Waals surface area (Å²) in [6, 6.07) is 0. The second-order valence-electron chi connectivity index (χ2n) is 6.04. The van der Waals surface area contributed by atoms with Crippen LogP contribution < -0.4 is 0 Å². The lowest BCUT2D eigenvalue weighted by molar-refractivity contribution is -0.149. The molecular formula is C17H22Cl2O2. The molecule has 0 unspecified atom stereocenters. The molecule has 4 heteroatoms. The smallest absolute Gasteiger partial charge is 0.311 e. The molecule has 0 saturated heterocycles. The van der Waals surface area contributed by atoms with Crippen LogP contribution >= 0.6 is 23.2 Å². The Labute approximate surface area is 137 Å². The number of rotatable bonds is 6. The van der Waals surface area contributed by atoms with E-state index < -0.39 is 6.10 Å². The van der Waals surface area contributed by atoms with Crippen molar-refractivity contribution in [3.8, 4) is 12.3 Å². The van der Waals surface area contributed by atoms with Gasteiger partial charge in [-0.05, 0) is 30.8 Å². The van der Waals surface area contributed by atoms with Crippen molar-refractivity contribution in [2.45, 2.75) is 46.6 Å². The number of allylic oxidation sites excluding steroid dienone is 2. The van der Waals surface area contributed by atoms with Gasteiger partial charge < -0.3 is 4.74 Å². The minimum Gasteiger partial charge on any atom is -0.449 e. The number of carbonyl (C=O) groups is 1. The first-order valence-corrected chi connectivity index (χ1v) is 7.84. The van der Waals surface area contributed by atoms with E-state index in [1.54, 1.807) is 6.08 Å². The first-order chi connectivity index (χ1) is 9.73. The largest absolute Gasteiger partial charge is 0.449 e. The van der Waals surface area contributed by atoms with Crippen molar-refractivity contribution in [2.75, 3.05) is 0 Å². The van der Waals surface area contributed by atoms with Crippen LogP contribution in [0.1, 0.15) is 40.5 Å². The third kappa shape index (κ3) is 4.80. The molecule has 0 radical (unpaired) electrons. The zero-order valence-electron chi connectivity index (χ0n) is 13.0. The van der Waals surface area contributed by atoms with E-state index in [2.05, 4.69) is 18.9 Å². The van der Waals surface area contributed by atoms with E-state index in [4.69, 9.17) is 34.4 Å². The predicted molar refractivity (Wildman–Crippen MR) is 87.9 cm³/mol. The molecule has 0 spiro atoms. The summed E-state index contributed by atoms with van der Waals surface area (Å²) in [4.78, 5) is 12.3. The third-order valence-electron chi connectivity index (χ3n) is 3.97. The van der Waals surface area contributed by atoms with Crippen LogP contribution in [-0.2, 0) is 9.53 Å². The van der Waals surface area contributed by atoms with E-state index in [0.29, 0.717) is 6.42 Å². The van der Waals surface area contributed by atoms with Gasteiger partial charge in [-0.1, -0.05) is 61.5 Å². The molecule has 1 aliphatic carbocycles. The van der Waals surface area contributed by atoms with Crippen molar-refractivity contribution >= 4 is 29.2 Å². The topological polar surface area (TPSA) is 26.3 Å². The summed E-state index contributed by atoms with van der Waals surface area (Å²) >= 11 is 11.4. The molecule has 0 N–H and O–H groups in total. The van der Waals surface area contributed by atoms with Gasteiger partial charge in [0.2, 0.25) is 0 Å². The highest BCUT2D eigenvalue weighted by atomic mass is 35.5. The highest BCUT2D eigenvalue weighted by Gasteiger charge is 2.61. The maximum Gasteiger partial charge on any atom is 0.311 e. The van der Waals surface area contributed by atoms with Crippen LogP contribution in [-0.4, -0.2) is 12.1 Å². The Morgan fingerprint density at radius 3 is 2.57 bits per heavy atom. The molecular weight excluding hydrogens is 307 g/mol. The summed E-state index contributed by atoms with van der Waals surface area (Å²) in [5, 5.41) is 0. The van der Waals surface area contributed by atoms with Gasteiger partial charge in [-0.15, -0.1) is 6.42 Å². The van der Waals surface area contributed by atoms with Crippen LogP contribution in [0.2, 0.25) is 0 Å². The van der Waals surface area contributed by atoms with E-state index in [0.717, 1.165) is 12.0 Å². The van der Waals surface area contributed by atoms with Gasteiger partial charge in [0.25, 0.3) is 0 Å². The van der Waals surface area contributed by atoms with Crippen LogP contribution in [0, 0.1) is 29.6 Å². The van der Waals surface area contributed by atoms with E-state index in [-0.39, 0.29) is 27.7 Å². The van der Waals surface area contributed by atoms with Gasteiger partial charge >= 0.3 is 5.97 Å². The summed E-state index contributed by atoms with van der Waals surface area (Å²) in [5.41, 5.74) is 0.933. The molecule has 0 aliphatic heterocycles. The maximum absolute atomic E-state index is 12.3. The number of hydrogen-bond acceptors (Lipinski definition) is 2. The summed E-state index contributed by atoms with van der Waals surface area (Å²) < 4.78 is 5.64. The molecule has 0 aromatic heterocycles. The molecule has 2 nitrogen and oxygen atoms in total. The van der Waals surface area contributed by atoms with Crippen LogP contribution in [0.5, 0.6) is 0 Å². The van der Waals surface area contributed by atoms with Crippen LogP contribution in [0.15, 0.2) is 22.2 Å². The van der Waals surface area contributed by atoms with Crippen molar-refractivity contribution in [1.29, 1.82) is 0 Å². The van der Waals surface area contributed by atoms with Gasteiger partial charge in [0.1, 0.15) is 4.49 Å². The molecule has 0 aromatic rings. The summed E-state index contributed by atoms with van der Waals surface area (Å²) in [6.45, 7) is 8.02. The zero-order chi connectivity index (χ0) is 16.2. The second-order valence-corrected chi connectivity index (χ2v) is 7.04. The lowest BCUT2D eigenvalue weighted by atomic mass is 10.1. The van der Waals surface area contributed by atoms with Gasteiger partial charge in [0.15, 0.2) is 6.10 Å². The molecule has 0 aromatic carbocycles. The molecule has 1 saturated carbocycles. The van der Waals surface area contributed by atoms with E-state index >= 15 is 0 Å². The highest BCUT2D eigenvalue weighted by molar-refractivity contribution is 6.55. The Kier molecular flexibility index (Phi) is 6.38. The fraction of sp³-hybridized carbons (Fsp3) is 0.588. The highest BCUT2D eigenvalue weighted by Crippen LogP contribution is 2.60. The Balaban J connectivity index is 2.67. The van der Waals surface area contributed by atoms with Gasteiger partial charge in [-0.2, -0.15) is 0 Å². The van der Waals surface area contributed by atoms with Crippen LogP contribution in [0.3, 0.4) is 0 Å². The van der Waals surface area contributed by atoms with Crippen molar-refractivity contribution in [2.24, 2.45) is 17.3 Å². The lowest BCUT2D eigenvalue weighted by Crippen LogP contribution is -2.20. The van der Waals surface area contributed by atoms with Crippen molar-refractivity contribution in [1.82, 2.24) is 0 Å². The number of hydrogen-bond donors (Lipinski definition) is 0. The summed E-state index contributed by atoms with van der Waals surface area (Å²) in [5.74, 6) is 2.02. The maximum atomic E-state index is 12.3. The van der Waals surface area contributed by atoms with E-state index in [9.17, 15) is 4.79 Å². The van der Waals surface area contributed by atoms with Gasteiger partial charge in [-0.3, -0.25) is 4.79 Å². The average Bonchev–Trinajstić information content (AvgIpc) is 2.89. The second kappa shape index (κ2) is 7.38. The Morgan fingerprint density at radius 2 is 2.10 bits per heavy atom. The minimum absolute atomic E-state index is 0.000653. The SMILES string of the molecule is C#C[C@H](C/C(C)=C/CC)OC(=O)[C@@H]1[C@H](C=C(Cl)Cl)C1(C)C. The lowest BCUT2D eigenvalue weighted by Gasteiger charge is -2.13. The van der Waals surface area contributed by atoms with Crippen LogP contribution in [0.25, 0.3) is 0 Å². The van der Waals surface area contributed by atoms with E-state index in [1.165, 1.54) is 0 Å². The Hall–Kier alpha value is -0.910. The normalized spacial score (nSPS) is 24.7. The van der Waals surface area contributed by atoms with Crippen molar-refractivity contribution in [3.05, 3.63) is 22.2 Å². The fourth-order valence-electron chi connectivity index (χ4n) is 2.65. The van der Waals surface area contributed by atoms with Gasteiger partial charge in [0.05, 0.1) is 5.92 Å². The van der Waals surface area contributed by atoms with Crippen LogP contribution in [0.4, 0.5) is 0 Å². The van der Waals surface area contributed by atoms with E-state index in [1.807, 2.05) is 20.8 Å². The molecule has 3 atom stereocenters. The third-order valence-corrected chi connectivity index (χ3v) is 4.23. The number of terminal acetylenes is 1. The molecule has 0 bridgehead atoms. The molecule has 1 aliphatic rings.